The molecule has 1 aromatic carbocycles. The highest BCUT2D eigenvalue weighted by atomic mass is 32.2. The van der Waals surface area contributed by atoms with Crippen LogP contribution in [0.15, 0.2) is 35.2 Å². The lowest BCUT2D eigenvalue weighted by molar-refractivity contribution is 0.573. The molecule has 28 heavy (non-hydrogen) atoms. The molecule has 0 radical (unpaired) electrons. The Kier molecular flexibility index (Phi) is 6.85. The molecule has 0 saturated carbocycles. The fraction of sp³-hybridized carbons (Fsp3) is 0.500. The van der Waals surface area contributed by atoms with Crippen LogP contribution in [0.25, 0.3) is 0 Å². The maximum atomic E-state index is 12.4. The number of nitrogens with one attached hydrogen (secondary N) is 2. The maximum Gasteiger partial charge on any atom is 0.240 e. The number of anilines is 2. The second-order valence-corrected chi connectivity index (χ2v) is 8.83. The van der Waals surface area contributed by atoms with E-state index in [2.05, 4.69) is 24.9 Å². The molecule has 0 aliphatic carbocycles. The molecule has 1 fully saturated rings. The molecule has 0 bridgehead atoms. The minimum atomic E-state index is -3.51. The van der Waals surface area contributed by atoms with Crippen LogP contribution in [0, 0.1) is 6.92 Å². The maximum absolute atomic E-state index is 12.4. The Morgan fingerprint density at radius 2 is 1.75 bits per heavy atom. The van der Waals surface area contributed by atoms with Gasteiger partial charge >= 0.3 is 0 Å². The Hall–Kier alpha value is -2.19. The van der Waals surface area contributed by atoms with E-state index >= 15 is 0 Å². The Bertz CT molecular complexity index is 878. The first-order valence-corrected chi connectivity index (χ1v) is 11.4. The van der Waals surface area contributed by atoms with Crippen LogP contribution in [0.4, 0.5) is 11.8 Å². The van der Waals surface area contributed by atoms with Crippen molar-refractivity contribution in [1.82, 2.24) is 14.7 Å². The lowest BCUT2D eigenvalue weighted by atomic mass is 10.1. The Morgan fingerprint density at radius 3 is 2.43 bits per heavy atom. The van der Waals surface area contributed by atoms with Crippen LogP contribution < -0.4 is 14.9 Å². The minimum absolute atomic E-state index is 0.258. The molecule has 2 N–H and O–H groups in total. The molecule has 0 amide bonds. The van der Waals surface area contributed by atoms with Crippen molar-refractivity contribution in [2.45, 2.75) is 44.4 Å². The molecule has 1 aliphatic rings. The van der Waals surface area contributed by atoms with Gasteiger partial charge in [-0.2, -0.15) is 4.98 Å². The number of sulfonamides is 1. The average Bonchev–Trinajstić information content (AvgIpc) is 2.71. The fourth-order valence-corrected chi connectivity index (χ4v) is 4.30. The molecule has 1 saturated heterocycles. The molecule has 0 unspecified atom stereocenters. The molecule has 8 heteroatoms. The second kappa shape index (κ2) is 9.34. The van der Waals surface area contributed by atoms with Gasteiger partial charge in [0.1, 0.15) is 5.82 Å². The summed E-state index contributed by atoms with van der Waals surface area (Å²) in [5.41, 5.74) is 2.01. The minimum Gasteiger partial charge on any atom is -0.356 e. The molecule has 0 atom stereocenters. The molecule has 2 aromatic rings. The molecular weight excluding hydrogens is 374 g/mol. The summed E-state index contributed by atoms with van der Waals surface area (Å²) >= 11 is 0. The summed E-state index contributed by atoms with van der Waals surface area (Å²) in [7, 11) is -3.51. The van der Waals surface area contributed by atoms with Crippen molar-refractivity contribution in [3.05, 3.63) is 41.6 Å². The summed E-state index contributed by atoms with van der Waals surface area (Å²) in [5, 5.41) is 3.13. The van der Waals surface area contributed by atoms with Gasteiger partial charge in [0.15, 0.2) is 0 Å². The van der Waals surface area contributed by atoms with Gasteiger partial charge in [-0.1, -0.05) is 19.1 Å². The average molecular weight is 404 g/mol. The largest absolute Gasteiger partial charge is 0.356 e. The summed E-state index contributed by atoms with van der Waals surface area (Å²) in [4.78, 5) is 11.6. The van der Waals surface area contributed by atoms with Crippen molar-refractivity contribution in [3.63, 3.8) is 0 Å². The third kappa shape index (κ3) is 5.42. The first-order chi connectivity index (χ1) is 13.5. The number of rotatable bonds is 8. The number of nitrogens with zero attached hydrogens (tertiary/aromatic N) is 3. The van der Waals surface area contributed by atoms with Gasteiger partial charge in [-0.3, -0.25) is 0 Å². The zero-order valence-corrected chi connectivity index (χ0v) is 17.4. The smallest absolute Gasteiger partial charge is 0.240 e. The molecule has 152 valence electrons. The predicted molar refractivity (Wildman–Crippen MR) is 112 cm³/mol. The Balaban J connectivity index is 1.55. The standard InChI is InChI=1S/C20H29N5O2S/c1-3-17-7-9-18(10-8-17)28(26,27)22-12-11-21-20-23-16(2)15-19(24-20)25-13-5-4-6-14-25/h7-10,15,22H,3-6,11-14H2,1-2H3,(H,21,23,24). The van der Waals surface area contributed by atoms with Gasteiger partial charge < -0.3 is 10.2 Å². The summed E-state index contributed by atoms with van der Waals surface area (Å²) in [6.07, 6.45) is 4.53. The quantitative estimate of drug-likeness (QED) is 0.659. The highest BCUT2D eigenvalue weighted by molar-refractivity contribution is 7.89. The first-order valence-electron chi connectivity index (χ1n) is 9.91. The van der Waals surface area contributed by atoms with Crippen molar-refractivity contribution >= 4 is 21.8 Å². The predicted octanol–water partition coefficient (Wildman–Crippen LogP) is 2.73. The van der Waals surface area contributed by atoms with Gasteiger partial charge in [0, 0.05) is 37.9 Å². The summed E-state index contributed by atoms with van der Waals surface area (Å²) in [6.45, 7) is 6.70. The van der Waals surface area contributed by atoms with E-state index in [1.54, 1.807) is 12.1 Å². The monoisotopic (exact) mass is 403 g/mol. The molecule has 1 aliphatic heterocycles. The molecule has 3 rings (SSSR count). The fourth-order valence-electron chi connectivity index (χ4n) is 3.26. The van der Waals surface area contributed by atoms with Gasteiger partial charge in [-0.25, -0.2) is 18.1 Å². The van der Waals surface area contributed by atoms with Crippen LogP contribution in [-0.2, 0) is 16.4 Å². The van der Waals surface area contributed by atoms with Crippen LogP contribution in [0.5, 0.6) is 0 Å². The van der Waals surface area contributed by atoms with E-state index in [0.29, 0.717) is 12.5 Å². The van der Waals surface area contributed by atoms with Crippen molar-refractivity contribution in [1.29, 1.82) is 0 Å². The number of aromatic nitrogens is 2. The molecule has 7 nitrogen and oxygen atoms in total. The topological polar surface area (TPSA) is 87.2 Å². The zero-order valence-electron chi connectivity index (χ0n) is 16.6. The second-order valence-electron chi connectivity index (χ2n) is 7.06. The van der Waals surface area contributed by atoms with Crippen LogP contribution >= 0.6 is 0 Å². The molecule has 0 spiro atoms. The lowest BCUT2D eigenvalue weighted by Gasteiger charge is -2.28. The van der Waals surface area contributed by atoms with E-state index in [4.69, 9.17) is 0 Å². The third-order valence-electron chi connectivity index (χ3n) is 4.86. The van der Waals surface area contributed by atoms with Crippen molar-refractivity contribution < 1.29 is 8.42 Å². The summed E-state index contributed by atoms with van der Waals surface area (Å²) in [5.74, 6) is 1.47. The normalized spacial score (nSPS) is 14.9. The molecule has 1 aromatic heterocycles. The first kappa shape index (κ1) is 20.5. The Morgan fingerprint density at radius 1 is 1.04 bits per heavy atom. The summed E-state index contributed by atoms with van der Waals surface area (Å²) < 4.78 is 27.4. The lowest BCUT2D eigenvalue weighted by Crippen LogP contribution is -2.31. The number of hydrogen-bond acceptors (Lipinski definition) is 6. The van der Waals surface area contributed by atoms with Gasteiger partial charge in [0.2, 0.25) is 16.0 Å². The Labute approximate surface area is 167 Å². The van der Waals surface area contributed by atoms with E-state index in [1.165, 1.54) is 19.3 Å². The van der Waals surface area contributed by atoms with E-state index in [0.717, 1.165) is 36.6 Å². The third-order valence-corrected chi connectivity index (χ3v) is 6.34. The van der Waals surface area contributed by atoms with Crippen LogP contribution in [0.1, 0.15) is 37.4 Å². The van der Waals surface area contributed by atoms with Crippen molar-refractivity contribution in [2.75, 3.05) is 36.4 Å². The zero-order chi connectivity index (χ0) is 20.0. The highest BCUT2D eigenvalue weighted by Crippen LogP contribution is 2.19. The number of benzene rings is 1. The summed E-state index contributed by atoms with van der Waals surface area (Å²) in [6, 6.07) is 8.97. The van der Waals surface area contributed by atoms with Gasteiger partial charge in [0.05, 0.1) is 4.90 Å². The van der Waals surface area contributed by atoms with Gasteiger partial charge in [-0.15, -0.1) is 0 Å². The molecular formula is C20H29N5O2S. The molecule has 2 heterocycles. The van der Waals surface area contributed by atoms with Crippen LogP contribution in [-0.4, -0.2) is 44.6 Å². The van der Waals surface area contributed by atoms with E-state index in [9.17, 15) is 8.42 Å². The van der Waals surface area contributed by atoms with Crippen LogP contribution in [0.2, 0.25) is 0 Å². The van der Waals surface area contributed by atoms with E-state index in [1.807, 2.05) is 32.0 Å². The van der Waals surface area contributed by atoms with Crippen molar-refractivity contribution in [3.8, 4) is 0 Å². The van der Waals surface area contributed by atoms with Crippen molar-refractivity contribution in [2.24, 2.45) is 0 Å². The van der Waals surface area contributed by atoms with Gasteiger partial charge in [0.25, 0.3) is 0 Å². The van der Waals surface area contributed by atoms with Crippen LogP contribution in [0.3, 0.4) is 0 Å². The van der Waals surface area contributed by atoms with E-state index in [-0.39, 0.29) is 11.4 Å². The number of hydrogen-bond donors (Lipinski definition) is 2. The SMILES string of the molecule is CCc1ccc(S(=O)(=O)NCCNc2nc(C)cc(N3CCCCC3)n2)cc1. The highest BCUT2D eigenvalue weighted by Gasteiger charge is 2.15. The van der Waals surface area contributed by atoms with E-state index < -0.39 is 10.0 Å². The number of aryl methyl sites for hydroxylation is 2. The number of piperidine rings is 1. The van der Waals surface area contributed by atoms with Gasteiger partial charge in [-0.05, 0) is 50.3 Å².